The Labute approximate surface area is 196 Å². The van der Waals surface area contributed by atoms with Gasteiger partial charge in [-0.05, 0) is 48.2 Å². The predicted octanol–water partition coefficient (Wildman–Crippen LogP) is 3.83. The average molecular weight is 460 g/mol. The van der Waals surface area contributed by atoms with Crippen molar-refractivity contribution < 1.29 is 9.18 Å². The number of alkyl halides is 1. The van der Waals surface area contributed by atoms with Gasteiger partial charge >= 0.3 is 0 Å². The lowest BCUT2D eigenvalue weighted by atomic mass is 10.0. The third-order valence-electron chi connectivity index (χ3n) is 6.03. The van der Waals surface area contributed by atoms with Crippen LogP contribution in [0.1, 0.15) is 28.9 Å². The molecule has 0 spiro atoms. The summed E-state index contributed by atoms with van der Waals surface area (Å²) >= 11 is 0. The number of amides is 1. The zero-order valence-corrected chi connectivity index (χ0v) is 18.9. The number of carbonyl (C=O) groups is 1. The highest BCUT2D eigenvalue weighted by Crippen LogP contribution is 2.26. The summed E-state index contributed by atoms with van der Waals surface area (Å²) in [5.41, 5.74) is 5.00. The van der Waals surface area contributed by atoms with Crippen LogP contribution in [-0.2, 0) is 6.54 Å². The number of pyridine rings is 2. The number of nitrogens with one attached hydrogen (secondary N) is 2. The van der Waals surface area contributed by atoms with E-state index in [0.29, 0.717) is 30.2 Å². The molecule has 4 heterocycles. The van der Waals surface area contributed by atoms with Gasteiger partial charge in [0.25, 0.3) is 5.91 Å². The zero-order valence-electron chi connectivity index (χ0n) is 18.9. The van der Waals surface area contributed by atoms with Crippen LogP contribution in [0.15, 0.2) is 60.9 Å². The number of anilines is 2. The molecule has 4 aromatic rings. The van der Waals surface area contributed by atoms with Crippen molar-refractivity contribution in [2.24, 2.45) is 0 Å². The number of likely N-dealkylation sites (tertiary alicyclic amines) is 1. The second-order valence-corrected chi connectivity index (χ2v) is 8.41. The molecule has 0 aliphatic carbocycles. The largest absolute Gasteiger partial charge is 0.354 e. The lowest BCUT2D eigenvalue weighted by Crippen LogP contribution is -2.33. The average Bonchev–Trinajstić information content (AvgIpc) is 3.28. The molecule has 0 radical (unpaired) electrons. The Morgan fingerprint density at radius 3 is 2.62 bits per heavy atom. The van der Waals surface area contributed by atoms with E-state index < -0.39 is 6.17 Å². The number of nitrogens with zero attached hydrogens (tertiary/aromatic N) is 5. The van der Waals surface area contributed by atoms with Crippen LogP contribution in [0.25, 0.3) is 16.8 Å². The topological polar surface area (TPSA) is 87.5 Å². The molecule has 0 saturated carbocycles. The van der Waals surface area contributed by atoms with E-state index in [1.54, 1.807) is 29.9 Å². The molecule has 0 bridgehead atoms. The van der Waals surface area contributed by atoms with Crippen molar-refractivity contribution in [3.05, 3.63) is 72.2 Å². The molecule has 34 heavy (non-hydrogen) atoms. The van der Waals surface area contributed by atoms with Gasteiger partial charge < -0.3 is 10.6 Å². The van der Waals surface area contributed by atoms with Crippen molar-refractivity contribution in [1.29, 1.82) is 0 Å². The SMILES string of the molecule is CNC(=O)c1ccc(Nc2nc3c(-c4ccc(CN5CCC(F)CC5)cc4)cccn3n2)cn1. The number of carbonyl (C=O) groups excluding carboxylic acids is 1. The Hall–Kier alpha value is -3.85. The minimum atomic E-state index is -0.653. The first kappa shape index (κ1) is 22.0. The first-order chi connectivity index (χ1) is 16.6. The van der Waals surface area contributed by atoms with Crippen LogP contribution in [0.4, 0.5) is 16.0 Å². The molecule has 0 atom stereocenters. The van der Waals surface area contributed by atoms with E-state index in [1.165, 1.54) is 5.56 Å². The standard InChI is InChI=1S/C25H26FN7O/c1-27-24(34)22-9-8-20(15-28-22)29-25-30-23-21(3-2-12-33(23)31-25)18-6-4-17(5-7-18)16-32-13-10-19(26)11-14-32/h2-9,12,15,19H,10-11,13-14,16H2,1H3,(H,27,34)(H,29,31). The van der Waals surface area contributed by atoms with Crippen LogP contribution in [0.2, 0.25) is 0 Å². The molecule has 1 aromatic carbocycles. The van der Waals surface area contributed by atoms with E-state index in [4.69, 9.17) is 0 Å². The van der Waals surface area contributed by atoms with E-state index >= 15 is 0 Å². The van der Waals surface area contributed by atoms with Crippen LogP contribution >= 0.6 is 0 Å². The van der Waals surface area contributed by atoms with Crippen LogP contribution in [-0.4, -0.2) is 56.7 Å². The first-order valence-electron chi connectivity index (χ1n) is 11.4. The van der Waals surface area contributed by atoms with Gasteiger partial charge in [0.15, 0.2) is 5.65 Å². The van der Waals surface area contributed by atoms with Crippen LogP contribution in [0.3, 0.4) is 0 Å². The van der Waals surface area contributed by atoms with Gasteiger partial charge in [0.1, 0.15) is 11.9 Å². The van der Waals surface area contributed by atoms with Crippen molar-refractivity contribution in [3.63, 3.8) is 0 Å². The van der Waals surface area contributed by atoms with Crippen LogP contribution in [0.5, 0.6) is 0 Å². The highest BCUT2D eigenvalue weighted by atomic mass is 19.1. The van der Waals surface area contributed by atoms with E-state index in [0.717, 1.165) is 36.4 Å². The molecule has 3 aromatic heterocycles. The number of piperidine rings is 1. The number of benzene rings is 1. The third kappa shape index (κ3) is 4.74. The Bertz CT molecular complexity index is 1280. The quantitative estimate of drug-likeness (QED) is 0.456. The highest BCUT2D eigenvalue weighted by Gasteiger charge is 2.18. The summed E-state index contributed by atoms with van der Waals surface area (Å²) in [6, 6.07) is 15.8. The van der Waals surface area contributed by atoms with Gasteiger partial charge in [0, 0.05) is 38.4 Å². The molecule has 5 rings (SSSR count). The molecule has 8 nitrogen and oxygen atoms in total. The predicted molar refractivity (Wildman–Crippen MR) is 129 cm³/mol. The van der Waals surface area contributed by atoms with Gasteiger partial charge in [-0.3, -0.25) is 9.69 Å². The lowest BCUT2D eigenvalue weighted by Gasteiger charge is -2.28. The van der Waals surface area contributed by atoms with Crippen LogP contribution in [0, 0.1) is 0 Å². The molecule has 1 fully saturated rings. The third-order valence-corrected chi connectivity index (χ3v) is 6.03. The van der Waals surface area contributed by atoms with Crippen molar-refractivity contribution in [2.75, 3.05) is 25.5 Å². The number of hydrogen-bond donors (Lipinski definition) is 2. The Balaban J connectivity index is 1.33. The molecule has 1 amide bonds. The summed E-state index contributed by atoms with van der Waals surface area (Å²) in [6.45, 7) is 2.45. The lowest BCUT2D eigenvalue weighted by molar-refractivity contribution is 0.0958. The Morgan fingerprint density at radius 2 is 1.91 bits per heavy atom. The molecule has 9 heteroatoms. The van der Waals surface area contributed by atoms with Crippen molar-refractivity contribution >= 4 is 23.2 Å². The van der Waals surface area contributed by atoms with E-state index in [1.807, 2.05) is 18.3 Å². The van der Waals surface area contributed by atoms with E-state index in [2.05, 4.69) is 54.9 Å². The summed E-state index contributed by atoms with van der Waals surface area (Å²) in [5.74, 6) is 0.201. The normalized spacial score (nSPS) is 14.9. The maximum Gasteiger partial charge on any atom is 0.269 e. The van der Waals surface area contributed by atoms with E-state index in [9.17, 15) is 9.18 Å². The van der Waals surface area contributed by atoms with Crippen molar-refractivity contribution in [2.45, 2.75) is 25.6 Å². The van der Waals surface area contributed by atoms with Crippen molar-refractivity contribution in [3.8, 4) is 11.1 Å². The van der Waals surface area contributed by atoms with Gasteiger partial charge in [0.2, 0.25) is 5.95 Å². The van der Waals surface area contributed by atoms with Gasteiger partial charge in [-0.25, -0.2) is 13.9 Å². The maximum absolute atomic E-state index is 13.4. The highest BCUT2D eigenvalue weighted by molar-refractivity contribution is 5.92. The fourth-order valence-corrected chi connectivity index (χ4v) is 4.15. The first-order valence-corrected chi connectivity index (χ1v) is 11.4. The number of fused-ring (bicyclic) bond motifs is 1. The fraction of sp³-hybridized carbons (Fsp3) is 0.280. The second-order valence-electron chi connectivity index (χ2n) is 8.41. The molecular weight excluding hydrogens is 433 g/mol. The maximum atomic E-state index is 13.4. The van der Waals surface area contributed by atoms with Gasteiger partial charge in [-0.15, -0.1) is 5.10 Å². The minimum Gasteiger partial charge on any atom is -0.354 e. The molecular formula is C25H26FN7O. The number of aromatic nitrogens is 4. The summed E-state index contributed by atoms with van der Waals surface area (Å²) in [7, 11) is 1.57. The van der Waals surface area contributed by atoms with Gasteiger partial charge in [-0.1, -0.05) is 24.3 Å². The summed E-state index contributed by atoms with van der Waals surface area (Å²) in [6.07, 6.45) is 4.02. The number of rotatable bonds is 6. The summed E-state index contributed by atoms with van der Waals surface area (Å²) in [5, 5.41) is 10.2. The van der Waals surface area contributed by atoms with E-state index in [-0.39, 0.29) is 5.91 Å². The molecule has 0 unspecified atom stereocenters. The van der Waals surface area contributed by atoms with Crippen molar-refractivity contribution in [1.82, 2.24) is 29.8 Å². The Morgan fingerprint density at radius 1 is 1.12 bits per heavy atom. The minimum absolute atomic E-state index is 0.239. The molecule has 1 saturated heterocycles. The summed E-state index contributed by atoms with van der Waals surface area (Å²) in [4.78, 5) is 22.8. The van der Waals surface area contributed by atoms with Gasteiger partial charge in [0.05, 0.1) is 11.9 Å². The number of halogens is 1. The molecule has 174 valence electrons. The smallest absolute Gasteiger partial charge is 0.269 e. The van der Waals surface area contributed by atoms with Crippen LogP contribution < -0.4 is 10.6 Å². The zero-order chi connectivity index (χ0) is 23.5. The molecule has 2 N–H and O–H groups in total. The fourth-order valence-electron chi connectivity index (χ4n) is 4.15. The Kier molecular flexibility index (Phi) is 6.18. The molecule has 1 aliphatic rings. The molecule has 1 aliphatic heterocycles. The van der Waals surface area contributed by atoms with Gasteiger partial charge in [-0.2, -0.15) is 4.98 Å². The summed E-state index contributed by atoms with van der Waals surface area (Å²) < 4.78 is 15.1. The monoisotopic (exact) mass is 459 g/mol. The second kappa shape index (κ2) is 9.56. The number of hydrogen-bond acceptors (Lipinski definition) is 6.